The molecule has 4 N–H and O–H groups in total. The summed E-state index contributed by atoms with van der Waals surface area (Å²) in [5.41, 5.74) is 10.7. The van der Waals surface area contributed by atoms with Gasteiger partial charge in [-0.05, 0) is 12.3 Å². The lowest BCUT2D eigenvalue weighted by Crippen LogP contribution is -2.35. The second-order valence-electron chi connectivity index (χ2n) is 3.43. The maximum atomic E-state index is 10.8. The van der Waals surface area contributed by atoms with Gasteiger partial charge in [-0.3, -0.25) is 0 Å². The van der Waals surface area contributed by atoms with E-state index in [2.05, 4.69) is 0 Å². The van der Waals surface area contributed by atoms with Gasteiger partial charge in [-0.15, -0.1) is 0 Å². The Morgan fingerprint density at radius 3 is 2.45 bits per heavy atom. The Morgan fingerprint density at radius 2 is 2.18 bits per heavy atom. The third kappa shape index (κ3) is 2.15. The van der Waals surface area contributed by atoms with Crippen LogP contribution in [-0.2, 0) is 9.84 Å². The number of sulfone groups is 1. The van der Waals surface area contributed by atoms with Crippen LogP contribution in [0.3, 0.4) is 0 Å². The second-order valence-corrected chi connectivity index (χ2v) is 5.62. The molecule has 5 heteroatoms. The van der Waals surface area contributed by atoms with Crippen LogP contribution in [0, 0.1) is 5.92 Å². The standard InChI is InChI=1S/C6H14N2O2S/c1-11(9,10)3-5-2-6(5,8)4-7/h5H,2-4,7-8H2,1H3/t5-,6+/m0/s1. The van der Waals surface area contributed by atoms with Crippen molar-refractivity contribution in [2.24, 2.45) is 17.4 Å². The van der Waals surface area contributed by atoms with Crippen LogP contribution in [0.5, 0.6) is 0 Å². The van der Waals surface area contributed by atoms with E-state index in [1.165, 1.54) is 6.26 Å². The molecule has 66 valence electrons. The fraction of sp³-hybridized carbons (Fsp3) is 1.00. The first-order valence-electron chi connectivity index (χ1n) is 3.54. The molecule has 0 aromatic carbocycles. The van der Waals surface area contributed by atoms with E-state index in [9.17, 15) is 8.42 Å². The molecule has 0 aromatic heterocycles. The summed E-state index contributed by atoms with van der Waals surface area (Å²) in [6, 6.07) is 0. The van der Waals surface area contributed by atoms with Gasteiger partial charge in [-0.25, -0.2) is 8.42 Å². The van der Waals surface area contributed by atoms with E-state index in [4.69, 9.17) is 11.5 Å². The average Bonchev–Trinajstić information content (AvgIpc) is 2.40. The van der Waals surface area contributed by atoms with Crippen LogP contribution in [-0.4, -0.2) is 32.5 Å². The molecule has 0 aliphatic heterocycles. The summed E-state index contributed by atoms with van der Waals surface area (Å²) < 4.78 is 21.6. The van der Waals surface area contributed by atoms with Gasteiger partial charge >= 0.3 is 0 Å². The van der Waals surface area contributed by atoms with E-state index in [1.807, 2.05) is 0 Å². The van der Waals surface area contributed by atoms with Gasteiger partial charge in [-0.2, -0.15) is 0 Å². The van der Waals surface area contributed by atoms with Crippen molar-refractivity contribution < 1.29 is 8.42 Å². The highest BCUT2D eigenvalue weighted by molar-refractivity contribution is 7.90. The molecule has 11 heavy (non-hydrogen) atoms. The van der Waals surface area contributed by atoms with E-state index in [0.29, 0.717) is 6.54 Å². The zero-order valence-corrected chi connectivity index (χ0v) is 7.39. The van der Waals surface area contributed by atoms with Crippen LogP contribution in [0.4, 0.5) is 0 Å². The Labute approximate surface area is 66.9 Å². The van der Waals surface area contributed by atoms with Crippen LogP contribution in [0.15, 0.2) is 0 Å². The molecule has 1 saturated carbocycles. The van der Waals surface area contributed by atoms with E-state index in [1.54, 1.807) is 0 Å². The van der Waals surface area contributed by atoms with Crippen molar-refractivity contribution in [2.45, 2.75) is 12.0 Å². The maximum absolute atomic E-state index is 10.8. The Morgan fingerprint density at radius 1 is 1.64 bits per heavy atom. The normalized spacial score (nSPS) is 37.2. The predicted molar refractivity (Wildman–Crippen MR) is 43.8 cm³/mol. The predicted octanol–water partition coefficient (Wildman–Crippen LogP) is -1.29. The summed E-state index contributed by atoms with van der Waals surface area (Å²) in [6.45, 7) is 0.382. The molecule has 1 aliphatic carbocycles. The molecular weight excluding hydrogens is 164 g/mol. The van der Waals surface area contributed by atoms with Crippen LogP contribution >= 0.6 is 0 Å². The zero-order valence-electron chi connectivity index (χ0n) is 6.58. The summed E-state index contributed by atoms with van der Waals surface area (Å²) in [6.07, 6.45) is 1.97. The van der Waals surface area contributed by atoms with E-state index in [0.717, 1.165) is 6.42 Å². The summed E-state index contributed by atoms with van der Waals surface area (Å²) in [5, 5.41) is 0. The topological polar surface area (TPSA) is 86.2 Å². The van der Waals surface area contributed by atoms with Crippen molar-refractivity contribution in [3.05, 3.63) is 0 Å². The van der Waals surface area contributed by atoms with Gasteiger partial charge in [0.25, 0.3) is 0 Å². The van der Waals surface area contributed by atoms with Crippen molar-refractivity contribution >= 4 is 9.84 Å². The first-order chi connectivity index (χ1) is 4.87. The Hall–Kier alpha value is -0.130. The molecule has 2 atom stereocenters. The van der Waals surface area contributed by atoms with E-state index < -0.39 is 9.84 Å². The van der Waals surface area contributed by atoms with Crippen LogP contribution in [0.1, 0.15) is 6.42 Å². The quantitative estimate of drug-likeness (QED) is 0.563. The Balaban J connectivity index is 2.47. The molecule has 0 bridgehead atoms. The fourth-order valence-corrected chi connectivity index (χ4v) is 2.42. The van der Waals surface area contributed by atoms with Crippen molar-refractivity contribution in [3.8, 4) is 0 Å². The highest BCUT2D eigenvalue weighted by Gasteiger charge is 2.50. The monoisotopic (exact) mass is 178 g/mol. The Kier molecular flexibility index (Phi) is 1.98. The first kappa shape index (κ1) is 8.96. The van der Waals surface area contributed by atoms with Crippen molar-refractivity contribution in [3.63, 3.8) is 0 Å². The lowest BCUT2D eigenvalue weighted by atomic mass is 10.2. The highest BCUT2D eigenvalue weighted by Crippen LogP contribution is 2.40. The van der Waals surface area contributed by atoms with E-state index in [-0.39, 0.29) is 17.2 Å². The second kappa shape index (κ2) is 2.43. The molecule has 0 saturated heterocycles. The molecule has 4 nitrogen and oxygen atoms in total. The number of nitrogens with two attached hydrogens (primary N) is 2. The lowest BCUT2D eigenvalue weighted by Gasteiger charge is -2.05. The summed E-state index contributed by atoms with van der Waals surface area (Å²) in [7, 11) is -2.88. The maximum Gasteiger partial charge on any atom is 0.147 e. The largest absolute Gasteiger partial charge is 0.329 e. The third-order valence-corrected chi connectivity index (χ3v) is 3.17. The van der Waals surface area contributed by atoms with Gasteiger partial charge in [0.15, 0.2) is 0 Å². The third-order valence-electron chi connectivity index (χ3n) is 2.16. The smallest absolute Gasteiger partial charge is 0.147 e. The molecule has 1 rings (SSSR count). The molecule has 0 unspecified atom stereocenters. The molecule has 0 radical (unpaired) electrons. The Bertz CT molecular complexity index is 249. The average molecular weight is 178 g/mol. The number of hydrogen-bond acceptors (Lipinski definition) is 4. The molecule has 0 amide bonds. The highest BCUT2D eigenvalue weighted by atomic mass is 32.2. The number of hydrogen-bond donors (Lipinski definition) is 2. The van der Waals surface area contributed by atoms with E-state index >= 15 is 0 Å². The minimum atomic E-state index is -2.88. The van der Waals surface area contributed by atoms with Gasteiger partial charge in [-0.1, -0.05) is 0 Å². The molecule has 0 heterocycles. The van der Waals surface area contributed by atoms with Crippen LogP contribution in [0.2, 0.25) is 0 Å². The van der Waals surface area contributed by atoms with Gasteiger partial charge in [0.2, 0.25) is 0 Å². The molecule has 1 fully saturated rings. The molecule has 0 spiro atoms. The first-order valence-corrected chi connectivity index (χ1v) is 5.60. The molecule has 1 aliphatic rings. The zero-order chi connectivity index (χ0) is 8.70. The minimum Gasteiger partial charge on any atom is -0.329 e. The number of rotatable bonds is 3. The van der Waals surface area contributed by atoms with Crippen molar-refractivity contribution in [1.82, 2.24) is 0 Å². The van der Waals surface area contributed by atoms with Gasteiger partial charge in [0.05, 0.1) is 5.75 Å². The van der Waals surface area contributed by atoms with Gasteiger partial charge < -0.3 is 11.5 Å². The molecular formula is C6H14N2O2S. The minimum absolute atomic E-state index is 0.0856. The van der Waals surface area contributed by atoms with Gasteiger partial charge in [0, 0.05) is 18.3 Å². The van der Waals surface area contributed by atoms with Crippen LogP contribution < -0.4 is 11.5 Å². The fourth-order valence-electron chi connectivity index (χ4n) is 1.24. The van der Waals surface area contributed by atoms with Crippen molar-refractivity contribution in [1.29, 1.82) is 0 Å². The summed E-state index contributed by atoms with van der Waals surface area (Å²) >= 11 is 0. The summed E-state index contributed by atoms with van der Waals surface area (Å²) in [5.74, 6) is 0.267. The lowest BCUT2D eigenvalue weighted by molar-refractivity contribution is 0.584. The van der Waals surface area contributed by atoms with Gasteiger partial charge in [0.1, 0.15) is 9.84 Å². The SMILES string of the molecule is CS(=O)(=O)C[C@@H]1C[C@@]1(N)CN. The van der Waals surface area contributed by atoms with Crippen LogP contribution in [0.25, 0.3) is 0 Å². The van der Waals surface area contributed by atoms with Crippen molar-refractivity contribution in [2.75, 3.05) is 18.6 Å². The summed E-state index contributed by atoms with van der Waals surface area (Å²) in [4.78, 5) is 0. The molecule has 0 aromatic rings.